The summed E-state index contributed by atoms with van der Waals surface area (Å²) in [6.07, 6.45) is 7.69. The molecule has 1 aromatic heterocycles. The zero-order valence-electron chi connectivity index (χ0n) is 12.9. The summed E-state index contributed by atoms with van der Waals surface area (Å²) in [6, 6.07) is 0. The van der Waals surface area contributed by atoms with E-state index in [-0.39, 0.29) is 5.69 Å². The van der Waals surface area contributed by atoms with Crippen molar-refractivity contribution in [1.29, 1.82) is 0 Å². The van der Waals surface area contributed by atoms with Gasteiger partial charge in [0.2, 0.25) is 0 Å². The number of nitrogens with zero attached hydrogens (tertiary/aromatic N) is 1. The molecule has 0 N–H and O–H groups in total. The third kappa shape index (κ3) is 6.04. The lowest BCUT2D eigenvalue weighted by Gasteiger charge is -2.07. The number of oxazole rings is 1. The number of aromatic nitrogens is 1. The highest BCUT2D eigenvalue weighted by Gasteiger charge is 2.13. The number of aryl methyl sites for hydroxylation is 1. The van der Waals surface area contributed by atoms with Crippen molar-refractivity contribution < 1.29 is 13.9 Å². The Morgan fingerprint density at radius 2 is 2.20 bits per heavy atom. The second kappa shape index (κ2) is 8.56. The first kappa shape index (κ1) is 16.5. The van der Waals surface area contributed by atoms with E-state index in [1.807, 2.05) is 0 Å². The van der Waals surface area contributed by atoms with Crippen LogP contribution in [0.1, 0.15) is 63.3 Å². The van der Waals surface area contributed by atoms with E-state index in [1.165, 1.54) is 11.8 Å². The fourth-order valence-electron chi connectivity index (χ4n) is 1.90. The number of hydrogen-bond donors (Lipinski definition) is 0. The van der Waals surface area contributed by atoms with Crippen LogP contribution in [0, 0.1) is 5.92 Å². The molecule has 0 radical (unpaired) electrons. The molecule has 0 aliphatic carbocycles. The highest BCUT2D eigenvalue weighted by atomic mass is 16.5. The van der Waals surface area contributed by atoms with E-state index in [0.29, 0.717) is 18.4 Å². The van der Waals surface area contributed by atoms with Crippen LogP contribution in [0.3, 0.4) is 0 Å². The van der Waals surface area contributed by atoms with E-state index in [2.05, 4.69) is 31.8 Å². The van der Waals surface area contributed by atoms with Crippen molar-refractivity contribution in [2.75, 3.05) is 6.61 Å². The van der Waals surface area contributed by atoms with E-state index in [9.17, 15) is 4.79 Å². The van der Waals surface area contributed by atoms with E-state index in [4.69, 9.17) is 9.15 Å². The van der Waals surface area contributed by atoms with Crippen molar-refractivity contribution in [3.63, 3.8) is 0 Å². The second-order valence-electron chi connectivity index (χ2n) is 5.35. The topological polar surface area (TPSA) is 52.3 Å². The van der Waals surface area contributed by atoms with Crippen LogP contribution in [0.4, 0.5) is 0 Å². The number of hydrogen-bond acceptors (Lipinski definition) is 4. The number of carbonyl (C=O) groups is 1. The molecule has 112 valence electrons. The molecule has 1 atom stereocenters. The number of rotatable bonds is 8. The summed E-state index contributed by atoms with van der Waals surface area (Å²) in [5.41, 5.74) is 1.63. The molecule has 1 heterocycles. The van der Waals surface area contributed by atoms with Gasteiger partial charge in [-0.25, -0.2) is 9.78 Å². The summed E-state index contributed by atoms with van der Waals surface area (Å²) in [4.78, 5) is 15.6. The summed E-state index contributed by atoms with van der Waals surface area (Å²) in [5.74, 6) is 0.810. The molecule has 0 bridgehead atoms. The van der Waals surface area contributed by atoms with Gasteiger partial charge in [-0.05, 0) is 46.0 Å². The highest BCUT2D eigenvalue weighted by Crippen LogP contribution is 2.15. The molecule has 4 nitrogen and oxygen atoms in total. The van der Waals surface area contributed by atoms with E-state index in [0.717, 1.165) is 25.7 Å². The van der Waals surface area contributed by atoms with Crippen LogP contribution in [0.25, 0.3) is 0 Å². The predicted octanol–water partition coefficient (Wildman–Crippen LogP) is 4.17. The summed E-state index contributed by atoms with van der Waals surface area (Å²) >= 11 is 0. The molecular weight excluding hydrogens is 254 g/mol. The number of allylic oxidation sites excluding steroid dienone is 2. The maximum absolute atomic E-state index is 11.5. The molecule has 0 aromatic carbocycles. The zero-order chi connectivity index (χ0) is 15.0. The summed E-state index contributed by atoms with van der Waals surface area (Å²) < 4.78 is 10.2. The summed E-state index contributed by atoms with van der Waals surface area (Å²) in [7, 11) is 0. The first-order valence-electron chi connectivity index (χ1n) is 7.27. The smallest absolute Gasteiger partial charge is 0.360 e. The lowest BCUT2D eigenvalue weighted by Crippen LogP contribution is -2.05. The predicted molar refractivity (Wildman–Crippen MR) is 78.6 cm³/mol. The number of ether oxygens (including phenoxy) is 1. The third-order valence-electron chi connectivity index (χ3n) is 3.10. The average molecular weight is 279 g/mol. The van der Waals surface area contributed by atoms with Gasteiger partial charge >= 0.3 is 5.97 Å². The molecule has 0 amide bonds. The average Bonchev–Trinajstić information content (AvgIpc) is 2.85. The monoisotopic (exact) mass is 279 g/mol. The van der Waals surface area contributed by atoms with Gasteiger partial charge in [-0.2, -0.15) is 0 Å². The molecule has 1 aromatic rings. The molecule has 0 saturated carbocycles. The molecule has 1 rings (SSSR count). The first-order valence-corrected chi connectivity index (χ1v) is 7.27. The fraction of sp³-hybridized carbons (Fsp3) is 0.625. The van der Waals surface area contributed by atoms with E-state index < -0.39 is 5.97 Å². The quantitative estimate of drug-likeness (QED) is 0.529. The maximum Gasteiger partial charge on any atom is 0.360 e. The van der Waals surface area contributed by atoms with Crippen molar-refractivity contribution >= 4 is 5.97 Å². The van der Waals surface area contributed by atoms with Crippen molar-refractivity contribution in [2.45, 2.75) is 53.4 Å². The van der Waals surface area contributed by atoms with Gasteiger partial charge in [0.15, 0.2) is 11.6 Å². The van der Waals surface area contributed by atoms with Gasteiger partial charge in [0.25, 0.3) is 0 Å². The van der Waals surface area contributed by atoms with Crippen LogP contribution >= 0.6 is 0 Å². The standard InChI is InChI=1S/C16H25NO3/c1-5-19-16(18)14-11-20-15(17-14)10-9-13(4)8-6-7-12(2)3/h7,11,13H,5-6,8-10H2,1-4H3. The molecule has 0 aliphatic heterocycles. The zero-order valence-corrected chi connectivity index (χ0v) is 12.9. The lowest BCUT2D eigenvalue weighted by atomic mass is 9.99. The lowest BCUT2D eigenvalue weighted by molar-refractivity contribution is 0.0519. The molecule has 4 heteroatoms. The van der Waals surface area contributed by atoms with E-state index >= 15 is 0 Å². The Hall–Kier alpha value is -1.58. The molecule has 0 spiro atoms. The van der Waals surface area contributed by atoms with Gasteiger partial charge in [0.1, 0.15) is 6.26 Å². The Morgan fingerprint density at radius 3 is 2.85 bits per heavy atom. The Kier molecular flexibility index (Phi) is 7.05. The number of carbonyl (C=O) groups excluding carboxylic acids is 1. The Bertz CT molecular complexity index is 444. The highest BCUT2D eigenvalue weighted by molar-refractivity contribution is 5.86. The normalized spacial score (nSPS) is 12.0. The van der Waals surface area contributed by atoms with E-state index in [1.54, 1.807) is 6.92 Å². The van der Waals surface area contributed by atoms with Crippen LogP contribution in [-0.4, -0.2) is 17.6 Å². The van der Waals surface area contributed by atoms with Gasteiger partial charge in [-0.15, -0.1) is 0 Å². The minimum Gasteiger partial charge on any atom is -0.461 e. The largest absolute Gasteiger partial charge is 0.461 e. The Balaban J connectivity index is 2.34. The SMILES string of the molecule is CCOC(=O)c1coc(CCC(C)CCC=C(C)C)n1. The van der Waals surface area contributed by atoms with Gasteiger partial charge in [0.05, 0.1) is 6.61 Å². The first-order chi connectivity index (χ1) is 9.52. The van der Waals surface area contributed by atoms with Crippen molar-refractivity contribution in [3.05, 3.63) is 29.5 Å². The Labute approximate surface area is 121 Å². The van der Waals surface area contributed by atoms with Crippen LogP contribution in [0.2, 0.25) is 0 Å². The summed E-state index contributed by atoms with van der Waals surface area (Å²) in [5, 5.41) is 0. The number of esters is 1. The van der Waals surface area contributed by atoms with Gasteiger partial charge < -0.3 is 9.15 Å². The molecular formula is C16H25NO3. The Morgan fingerprint density at radius 1 is 1.45 bits per heavy atom. The van der Waals surface area contributed by atoms with Crippen LogP contribution in [-0.2, 0) is 11.2 Å². The van der Waals surface area contributed by atoms with Gasteiger partial charge in [-0.3, -0.25) is 0 Å². The molecule has 20 heavy (non-hydrogen) atoms. The van der Waals surface area contributed by atoms with Gasteiger partial charge in [0, 0.05) is 6.42 Å². The molecule has 0 fully saturated rings. The minimum atomic E-state index is -0.417. The minimum absolute atomic E-state index is 0.263. The van der Waals surface area contributed by atoms with Crippen LogP contribution in [0.15, 0.2) is 22.3 Å². The van der Waals surface area contributed by atoms with Crippen molar-refractivity contribution in [3.8, 4) is 0 Å². The molecule has 0 saturated heterocycles. The summed E-state index contributed by atoms with van der Waals surface area (Å²) in [6.45, 7) is 8.59. The molecule has 1 unspecified atom stereocenters. The third-order valence-corrected chi connectivity index (χ3v) is 3.10. The van der Waals surface area contributed by atoms with Crippen molar-refractivity contribution in [2.24, 2.45) is 5.92 Å². The second-order valence-corrected chi connectivity index (χ2v) is 5.35. The molecule has 0 aliphatic rings. The van der Waals surface area contributed by atoms with Gasteiger partial charge in [-0.1, -0.05) is 18.6 Å². The fourth-order valence-corrected chi connectivity index (χ4v) is 1.90. The van der Waals surface area contributed by atoms with Crippen LogP contribution in [0.5, 0.6) is 0 Å². The van der Waals surface area contributed by atoms with Crippen molar-refractivity contribution in [1.82, 2.24) is 4.98 Å². The van der Waals surface area contributed by atoms with Crippen LogP contribution < -0.4 is 0 Å². The maximum atomic E-state index is 11.5.